The highest BCUT2D eigenvalue weighted by atomic mass is 19.1. The molecule has 1 heterocycles. The minimum atomic E-state index is -0.532. The SMILES string of the molecule is CCC1CCC(CCc2cnc(-c3ccc(C#N)c(F)c3)nc2)CC1. The highest BCUT2D eigenvalue weighted by Crippen LogP contribution is 2.33. The standard InChI is InChI=1S/C21H24FN3/c1-2-15-3-5-16(6-4-15)7-8-17-13-24-21(25-14-17)18-9-10-19(12-23)20(22)11-18/h9-11,13-16H,2-8H2,1H3. The van der Waals surface area contributed by atoms with Crippen LogP contribution in [-0.4, -0.2) is 9.97 Å². The summed E-state index contributed by atoms with van der Waals surface area (Å²) in [6.07, 6.45) is 12.7. The quantitative estimate of drug-likeness (QED) is 0.743. The zero-order valence-corrected chi connectivity index (χ0v) is 14.7. The number of aryl methyl sites for hydroxylation is 1. The molecule has 3 rings (SSSR count). The molecule has 0 aliphatic heterocycles. The summed E-state index contributed by atoms with van der Waals surface area (Å²) < 4.78 is 13.7. The molecule has 0 amide bonds. The zero-order valence-electron chi connectivity index (χ0n) is 14.7. The fourth-order valence-corrected chi connectivity index (χ4v) is 3.68. The first kappa shape index (κ1) is 17.5. The molecule has 0 spiro atoms. The van der Waals surface area contributed by atoms with Crippen LogP contribution in [0.4, 0.5) is 4.39 Å². The van der Waals surface area contributed by atoms with Gasteiger partial charge in [0.05, 0.1) is 5.56 Å². The number of hydrogen-bond donors (Lipinski definition) is 0. The second-order valence-corrected chi connectivity index (χ2v) is 7.06. The number of aromatic nitrogens is 2. The van der Waals surface area contributed by atoms with Crippen molar-refractivity contribution in [2.45, 2.75) is 51.9 Å². The predicted molar refractivity (Wildman–Crippen MR) is 96.2 cm³/mol. The molecule has 1 aliphatic carbocycles. The van der Waals surface area contributed by atoms with Gasteiger partial charge in [0.2, 0.25) is 0 Å². The van der Waals surface area contributed by atoms with E-state index in [0.717, 1.165) is 23.8 Å². The van der Waals surface area contributed by atoms with Gasteiger partial charge in [-0.05, 0) is 48.4 Å². The zero-order chi connectivity index (χ0) is 17.6. The van der Waals surface area contributed by atoms with E-state index in [2.05, 4.69) is 16.9 Å². The number of nitriles is 1. The van der Waals surface area contributed by atoms with Crippen molar-refractivity contribution in [3.63, 3.8) is 0 Å². The lowest BCUT2D eigenvalue weighted by Gasteiger charge is -2.27. The van der Waals surface area contributed by atoms with Gasteiger partial charge >= 0.3 is 0 Å². The van der Waals surface area contributed by atoms with E-state index >= 15 is 0 Å². The van der Waals surface area contributed by atoms with Gasteiger partial charge in [-0.25, -0.2) is 14.4 Å². The smallest absolute Gasteiger partial charge is 0.159 e. The summed E-state index contributed by atoms with van der Waals surface area (Å²) in [6.45, 7) is 2.30. The molecule has 4 heteroatoms. The summed E-state index contributed by atoms with van der Waals surface area (Å²) in [4.78, 5) is 8.75. The molecule has 0 atom stereocenters. The summed E-state index contributed by atoms with van der Waals surface area (Å²) >= 11 is 0. The van der Waals surface area contributed by atoms with Gasteiger partial charge in [0.1, 0.15) is 11.9 Å². The number of halogens is 1. The highest BCUT2D eigenvalue weighted by molar-refractivity contribution is 5.56. The maximum atomic E-state index is 13.7. The first-order valence-corrected chi connectivity index (χ1v) is 9.20. The Morgan fingerprint density at radius 1 is 1.12 bits per heavy atom. The Balaban J connectivity index is 1.57. The van der Waals surface area contributed by atoms with Crippen molar-refractivity contribution in [1.82, 2.24) is 9.97 Å². The maximum Gasteiger partial charge on any atom is 0.159 e. The van der Waals surface area contributed by atoms with E-state index in [0.29, 0.717) is 11.4 Å². The maximum absolute atomic E-state index is 13.7. The van der Waals surface area contributed by atoms with Gasteiger partial charge in [0.15, 0.2) is 5.82 Å². The summed E-state index contributed by atoms with van der Waals surface area (Å²) in [6, 6.07) is 6.29. The van der Waals surface area contributed by atoms with Crippen LogP contribution in [0.25, 0.3) is 11.4 Å². The minimum absolute atomic E-state index is 0.0400. The van der Waals surface area contributed by atoms with Crippen molar-refractivity contribution >= 4 is 0 Å². The lowest BCUT2D eigenvalue weighted by atomic mass is 9.79. The van der Waals surface area contributed by atoms with E-state index in [1.165, 1.54) is 50.7 Å². The summed E-state index contributed by atoms with van der Waals surface area (Å²) in [7, 11) is 0. The van der Waals surface area contributed by atoms with Gasteiger partial charge in [-0.15, -0.1) is 0 Å². The van der Waals surface area contributed by atoms with Crippen LogP contribution in [0.3, 0.4) is 0 Å². The van der Waals surface area contributed by atoms with Gasteiger partial charge in [-0.2, -0.15) is 5.26 Å². The lowest BCUT2D eigenvalue weighted by molar-refractivity contribution is 0.258. The van der Waals surface area contributed by atoms with Crippen LogP contribution in [0.5, 0.6) is 0 Å². The second kappa shape index (κ2) is 8.20. The number of hydrogen-bond acceptors (Lipinski definition) is 3. The predicted octanol–water partition coefficient (Wildman–Crippen LogP) is 5.30. The van der Waals surface area contributed by atoms with E-state index < -0.39 is 5.82 Å². The molecular formula is C21H24FN3. The fourth-order valence-electron chi connectivity index (χ4n) is 3.68. The normalized spacial score (nSPS) is 20.2. The van der Waals surface area contributed by atoms with Crippen molar-refractivity contribution in [1.29, 1.82) is 5.26 Å². The Labute approximate surface area is 148 Å². The third-order valence-electron chi connectivity index (χ3n) is 5.44. The minimum Gasteiger partial charge on any atom is -0.236 e. The van der Waals surface area contributed by atoms with E-state index in [4.69, 9.17) is 5.26 Å². The monoisotopic (exact) mass is 337 g/mol. The third-order valence-corrected chi connectivity index (χ3v) is 5.44. The number of benzene rings is 1. The molecule has 0 radical (unpaired) electrons. The van der Waals surface area contributed by atoms with Crippen molar-refractivity contribution in [3.05, 3.63) is 47.5 Å². The summed E-state index contributed by atoms with van der Waals surface area (Å²) in [5.74, 6) is 1.73. The Morgan fingerprint density at radius 3 is 2.40 bits per heavy atom. The van der Waals surface area contributed by atoms with Gasteiger partial charge in [0, 0.05) is 18.0 Å². The molecule has 1 aliphatic rings. The molecule has 1 saturated carbocycles. The van der Waals surface area contributed by atoms with Crippen LogP contribution in [-0.2, 0) is 6.42 Å². The van der Waals surface area contributed by atoms with Crippen LogP contribution in [0, 0.1) is 29.0 Å². The number of rotatable bonds is 5. The van der Waals surface area contributed by atoms with Crippen LogP contribution >= 0.6 is 0 Å². The molecule has 1 fully saturated rings. The van der Waals surface area contributed by atoms with E-state index in [1.807, 2.05) is 18.5 Å². The average Bonchev–Trinajstić information content (AvgIpc) is 2.67. The van der Waals surface area contributed by atoms with Gasteiger partial charge in [0.25, 0.3) is 0 Å². The topological polar surface area (TPSA) is 49.6 Å². The van der Waals surface area contributed by atoms with E-state index in [-0.39, 0.29) is 5.56 Å². The third kappa shape index (κ3) is 4.42. The van der Waals surface area contributed by atoms with Gasteiger partial charge < -0.3 is 0 Å². The van der Waals surface area contributed by atoms with Crippen molar-refractivity contribution < 1.29 is 4.39 Å². The molecule has 0 unspecified atom stereocenters. The Hall–Kier alpha value is -2.28. The van der Waals surface area contributed by atoms with Crippen LogP contribution in [0.1, 0.15) is 56.6 Å². The number of nitrogens with zero attached hydrogens (tertiary/aromatic N) is 3. The van der Waals surface area contributed by atoms with Gasteiger partial charge in [-0.1, -0.05) is 39.0 Å². The largest absolute Gasteiger partial charge is 0.236 e. The van der Waals surface area contributed by atoms with E-state index in [1.54, 1.807) is 6.07 Å². The fraction of sp³-hybridized carbons (Fsp3) is 0.476. The Bertz CT molecular complexity index is 741. The molecule has 1 aromatic carbocycles. The van der Waals surface area contributed by atoms with Crippen LogP contribution < -0.4 is 0 Å². The van der Waals surface area contributed by atoms with Crippen molar-refractivity contribution in [2.24, 2.45) is 11.8 Å². The van der Waals surface area contributed by atoms with Crippen molar-refractivity contribution in [2.75, 3.05) is 0 Å². The molecule has 0 N–H and O–H groups in total. The highest BCUT2D eigenvalue weighted by Gasteiger charge is 2.19. The second-order valence-electron chi connectivity index (χ2n) is 7.06. The first-order chi connectivity index (χ1) is 12.2. The summed E-state index contributed by atoms with van der Waals surface area (Å²) in [5.41, 5.74) is 1.77. The molecule has 0 bridgehead atoms. The molecule has 2 aromatic rings. The molecule has 25 heavy (non-hydrogen) atoms. The summed E-state index contributed by atoms with van der Waals surface area (Å²) in [5, 5.41) is 8.79. The Kier molecular flexibility index (Phi) is 5.75. The van der Waals surface area contributed by atoms with Crippen molar-refractivity contribution in [3.8, 4) is 17.5 Å². The van der Waals surface area contributed by atoms with Crippen LogP contribution in [0.2, 0.25) is 0 Å². The average molecular weight is 337 g/mol. The molecular weight excluding hydrogens is 313 g/mol. The van der Waals surface area contributed by atoms with Crippen LogP contribution in [0.15, 0.2) is 30.6 Å². The lowest BCUT2D eigenvalue weighted by Crippen LogP contribution is -2.14. The molecule has 130 valence electrons. The Morgan fingerprint density at radius 2 is 1.80 bits per heavy atom. The molecule has 3 nitrogen and oxygen atoms in total. The molecule has 1 aromatic heterocycles. The first-order valence-electron chi connectivity index (χ1n) is 9.20. The van der Waals surface area contributed by atoms with E-state index in [9.17, 15) is 4.39 Å². The molecule has 0 saturated heterocycles. The van der Waals surface area contributed by atoms with Gasteiger partial charge in [-0.3, -0.25) is 0 Å².